The number of carbonyl (C=O) groups is 2. The van der Waals surface area contributed by atoms with Crippen molar-refractivity contribution in [1.29, 1.82) is 0 Å². The Morgan fingerprint density at radius 2 is 1.91 bits per heavy atom. The van der Waals surface area contributed by atoms with Gasteiger partial charge >= 0.3 is 5.97 Å². The lowest BCUT2D eigenvalue weighted by Gasteiger charge is -2.31. The largest absolute Gasteiger partial charge is 0.481 e. The molecule has 1 N–H and O–H groups in total. The van der Waals surface area contributed by atoms with Crippen LogP contribution in [0.5, 0.6) is 0 Å². The van der Waals surface area contributed by atoms with Crippen molar-refractivity contribution in [2.45, 2.75) is 58.5 Å². The molecule has 2 aromatic heterocycles. The molecule has 0 spiro atoms. The number of aromatic nitrogens is 3. The number of rotatable bonds is 5. The number of nitrogens with zero attached hydrogens (tertiary/aromatic N) is 4. The van der Waals surface area contributed by atoms with Crippen LogP contribution in [-0.2, 0) is 36.1 Å². The minimum absolute atomic E-state index is 0.201. The molecule has 0 bridgehead atoms. The van der Waals surface area contributed by atoms with Crippen LogP contribution < -0.4 is 0 Å². The number of hydrogen-bond acceptors (Lipinski definition) is 3. The average Bonchev–Trinajstić information content (AvgIpc) is 3.30. The van der Waals surface area contributed by atoms with Gasteiger partial charge in [-0.15, -0.1) is 0 Å². The van der Waals surface area contributed by atoms with E-state index in [4.69, 9.17) is 0 Å². The Labute approximate surface area is 194 Å². The van der Waals surface area contributed by atoms with Crippen molar-refractivity contribution < 1.29 is 14.7 Å². The number of fused-ring (bicyclic) bond motifs is 3. The van der Waals surface area contributed by atoms with Gasteiger partial charge in [0.2, 0.25) is 5.91 Å². The standard InChI is InChI=1S/C26H32N4O3/c1-17-13-20(28(2)27-17)15-30-23-6-4-3-5-21(23)22-11-12-29(16-24(22)30)25(31)14-18-7-9-19(10-8-18)26(32)33/h3-6,13,18-19H,7-12,14-16H2,1-2H3,(H,32,33). The van der Waals surface area contributed by atoms with E-state index in [1.165, 1.54) is 22.2 Å². The maximum Gasteiger partial charge on any atom is 0.306 e. The summed E-state index contributed by atoms with van der Waals surface area (Å²) in [5.74, 6) is -0.426. The number of para-hydroxylation sites is 1. The molecule has 1 aliphatic carbocycles. The van der Waals surface area contributed by atoms with E-state index in [1.807, 2.05) is 23.6 Å². The molecule has 0 saturated heterocycles. The van der Waals surface area contributed by atoms with Crippen LogP contribution in [0, 0.1) is 18.8 Å². The van der Waals surface area contributed by atoms with Crippen LogP contribution in [0.1, 0.15) is 54.7 Å². The molecule has 1 aromatic carbocycles. The predicted molar refractivity (Wildman–Crippen MR) is 126 cm³/mol. The Kier molecular flexibility index (Phi) is 5.72. The summed E-state index contributed by atoms with van der Waals surface area (Å²) in [6.45, 7) is 4.12. The van der Waals surface area contributed by atoms with Crippen molar-refractivity contribution in [2.75, 3.05) is 6.54 Å². The van der Waals surface area contributed by atoms with E-state index in [-0.39, 0.29) is 11.8 Å². The molecule has 1 aliphatic heterocycles. The monoisotopic (exact) mass is 448 g/mol. The molecule has 33 heavy (non-hydrogen) atoms. The molecule has 1 amide bonds. The summed E-state index contributed by atoms with van der Waals surface area (Å²) in [6, 6.07) is 10.7. The minimum Gasteiger partial charge on any atom is -0.481 e. The van der Waals surface area contributed by atoms with Crippen molar-refractivity contribution in [2.24, 2.45) is 18.9 Å². The molecule has 2 aliphatic rings. The predicted octanol–water partition coefficient (Wildman–Crippen LogP) is 3.90. The second kappa shape index (κ2) is 8.69. The van der Waals surface area contributed by atoms with Gasteiger partial charge in [-0.2, -0.15) is 5.10 Å². The molecule has 0 radical (unpaired) electrons. The fraction of sp³-hybridized carbons (Fsp3) is 0.500. The van der Waals surface area contributed by atoms with Gasteiger partial charge < -0.3 is 14.6 Å². The molecule has 1 saturated carbocycles. The van der Waals surface area contributed by atoms with Gasteiger partial charge in [0, 0.05) is 36.6 Å². The molecular weight excluding hydrogens is 416 g/mol. The number of aliphatic carboxylic acids is 1. The van der Waals surface area contributed by atoms with Crippen LogP contribution in [0.4, 0.5) is 0 Å². The Hall–Kier alpha value is -3.09. The first-order valence-corrected chi connectivity index (χ1v) is 12.0. The Morgan fingerprint density at radius 1 is 1.15 bits per heavy atom. The van der Waals surface area contributed by atoms with Gasteiger partial charge in [0.15, 0.2) is 0 Å². The lowest BCUT2D eigenvalue weighted by molar-refractivity contribution is -0.143. The first-order valence-electron chi connectivity index (χ1n) is 12.0. The zero-order valence-corrected chi connectivity index (χ0v) is 19.5. The molecule has 0 unspecified atom stereocenters. The van der Waals surface area contributed by atoms with E-state index >= 15 is 0 Å². The zero-order chi connectivity index (χ0) is 23.1. The third-order valence-corrected chi connectivity index (χ3v) is 7.60. The number of carboxylic acids is 1. The summed E-state index contributed by atoms with van der Waals surface area (Å²) >= 11 is 0. The third kappa shape index (κ3) is 4.16. The number of benzene rings is 1. The van der Waals surface area contributed by atoms with Gasteiger partial charge in [0.25, 0.3) is 0 Å². The van der Waals surface area contributed by atoms with E-state index in [0.717, 1.165) is 43.7 Å². The number of carboxylic acid groups (broad SMARTS) is 1. The van der Waals surface area contributed by atoms with Crippen LogP contribution in [0.2, 0.25) is 0 Å². The quantitative estimate of drug-likeness (QED) is 0.642. The number of carbonyl (C=O) groups excluding carboxylic acids is 1. The van der Waals surface area contributed by atoms with E-state index in [1.54, 1.807) is 0 Å². The normalized spacial score (nSPS) is 20.7. The molecule has 0 atom stereocenters. The molecule has 3 aromatic rings. The lowest BCUT2D eigenvalue weighted by atomic mass is 9.80. The highest BCUT2D eigenvalue weighted by Gasteiger charge is 2.31. The average molecular weight is 449 g/mol. The first kappa shape index (κ1) is 21.7. The van der Waals surface area contributed by atoms with Gasteiger partial charge in [-0.3, -0.25) is 14.3 Å². The zero-order valence-electron chi connectivity index (χ0n) is 19.5. The molecule has 174 valence electrons. The maximum atomic E-state index is 13.2. The smallest absolute Gasteiger partial charge is 0.306 e. The maximum absolute atomic E-state index is 13.2. The number of aryl methyl sites for hydroxylation is 2. The van der Waals surface area contributed by atoms with Gasteiger partial charge in [-0.05, 0) is 62.6 Å². The lowest BCUT2D eigenvalue weighted by Crippen LogP contribution is -2.38. The van der Waals surface area contributed by atoms with Crippen LogP contribution in [0.25, 0.3) is 10.9 Å². The van der Waals surface area contributed by atoms with E-state index in [9.17, 15) is 14.7 Å². The highest BCUT2D eigenvalue weighted by Crippen LogP contribution is 2.34. The van der Waals surface area contributed by atoms with Gasteiger partial charge in [0.1, 0.15) is 0 Å². The summed E-state index contributed by atoms with van der Waals surface area (Å²) in [5.41, 5.74) is 5.95. The molecule has 3 heterocycles. The number of hydrogen-bond donors (Lipinski definition) is 1. The fourth-order valence-corrected chi connectivity index (χ4v) is 5.75. The third-order valence-electron chi connectivity index (χ3n) is 7.60. The van der Waals surface area contributed by atoms with E-state index in [0.29, 0.717) is 31.7 Å². The van der Waals surface area contributed by atoms with Crippen molar-refractivity contribution in [3.63, 3.8) is 0 Å². The summed E-state index contributed by atoms with van der Waals surface area (Å²) < 4.78 is 4.30. The Bertz CT molecular complexity index is 1200. The summed E-state index contributed by atoms with van der Waals surface area (Å²) in [4.78, 5) is 26.5. The van der Waals surface area contributed by atoms with Crippen molar-refractivity contribution >= 4 is 22.8 Å². The van der Waals surface area contributed by atoms with Crippen molar-refractivity contribution in [1.82, 2.24) is 19.2 Å². The SMILES string of the molecule is Cc1cc(Cn2c3c(c4ccccc42)CCN(C(=O)CC2CCC(C(=O)O)CC2)C3)n(C)n1. The molecule has 7 nitrogen and oxygen atoms in total. The molecule has 1 fully saturated rings. The van der Waals surface area contributed by atoms with Crippen molar-refractivity contribution in [3.05, 3.63) is 53.0 Å². The fourth-order valence-electron chi connectivity index (χ4n) is 5.75. The second-order valence-electron chi connectivity index (χ2n) is 9.75. The van der Waals surface area contributed by atoms with E-state index < -0.39 is 5.97 Å². The van der Waals surface area contributed by atoms with Crippen LogP contribution in [-0.4, -0.2) is 42.8 Å². The molecule has 7 heteroatoms. The minimum atomic E-state index is -0.695. The Morgan fingerprint density at radius 3 is 2.61 bits per heavy atom. The number of amides is 1. The summed E-state index contributed by atoms with van der Waals surface area (Å²) in [7, 11) is 1.98. The highest BCUT2D eigenvalue weighted by molar-refractivity contribution is 5.86. The van der Waals surface area contributed by atoms with Crippen LogP contribution in [0.3, 0.4) is 0 Å². The second-order valence-corrected chi connectivity index (χ2v) is 9.75. The van der Waals surface area contributed by atoms with E-state index in [2.05, 4.69) is 40.0 Å². The molecular formula is C26H32N4O3. The molecule has 5 rings (SSSR count). The summed E-state index contributed by atoms with van der Waals surface area (Å²) in [6.07, 6.45) is 4.45. The van der Waals surface area contributed by atoms with Gasteiger partial charge in [0.05, 0.1) is 30.4 Å². The van der Waals surface area contributed by atoms with Crippen LogP contribution in [0.15, 0.2) is 30.3 Å². The Balaban J connectivity index is 1.36. The van der Waals surface area contributed by atoms with Gasteiger partial charge in [-0.25, -0.2) is 0 Å². The summed E-state index contributed by atoms with van der Waals surface area (Å²) in [5, 5.41) is 15.0. The van der Waals surface area contributed by atoms with Crippen molar-refractivity contribution in [3.8, 4) is 0 Å². The topological polar surface area (TPSA) is 80.4 Å². The highest BCUT2D eigenvalue weighted by atomic mass is 16.4. The first-order chi connectivity index (χ1) is 15.9. The van der Waals surface area contributed by atoms with Gasteiger partial charge in [-0.1, -0.05) is 18.2 Å². The van der Waals surface area contributed by atoms with Crippen LogP contribution >= 0.6 is 0 Å².